The van der Waals surface area contributed by atoms with Crippen molar-refractivity contribution in [3.05, 3.63) is 77.5 Å². The zero-order valence-electron chi connectivity index (χ0n) is 15.5. The van der Waals surface area contributed by atoms with E-state index in [9.17, 15) is 9.59 Å². The average molecular weight is 407 g/mol. The van der Waals surface area contributed by atoms with Gasteiger partial charge in [-0.05, 0) is 37.3 Å². The van der Waals surface area contributed by atoms with Crippen LogP contribution in [0.3, 0.4) is 0 Å². The maximum absolute atomic E-state index is 12.4. The minimum Gasteiger partial charge on any atom is -0.469 e. The number of hydrogen-bond donors (Lipinski definition) is 2. The summed E-state index contributed by atoms with van der Waals surface area (Å²) in [7, 11) is 0. The Morgan fingerprint density at radius 1 is 1.21 bits per heavy atom. The molecular formula is C20H17N5O3S. The first-order valence-corrected chi connectivity index (χ1v) is 9.66. The summed E-state index contributed by atoms with van der Waals surface area (Å²) >= 11 is 1.26. The van der Waals surface area contributed by atoms with Gasteiger partial charge in [0, 0.05) is 23.5 Å². The molecule has 8 nitrogen and oxygen atoms in total. The molecular weight excluding hydrogens is 390 g/mol. The number of carbonyl (C=O) groups is 2. The van der Waals surface area contributed by atoms with Crippen LogP contribution in [0.4, 0.5) is 10.8 Å². The highest BCUT2D eigenvalue weighted by Gasteiger charge is 2.14. The SMILES string of the molecule is Cc1occc1C(=O)Nc1nc(CC(=O)Nc2cccc(-n3cccn3)c2)cs1. The van der Waals surface area contributed by atoms with Gasteiger partial charge in [0.15, 0.2) is 5.13 Å². The number of aryl methyl sites for hydroxylation is 1. The maximum atomic E-state index is 12.4. The van der Waals surface area contributed by atoms with Gasteiger partial charge < -0.3 is 9.73 Å². The number of furan rings is 1. The van der Waals surface area contributed by atoms with Gasteiger partial charge in [-0.1, -0.05) is 6.07 Å². The number of thiazole rings is 1. The summed E-state index contributed by atoms with van der Waals surface area (Å²) in [5.41, 5.74) is 2.55. The summed E-state index contributed by atoms with van der Waals surface area (Å²) in [6.45, 7) is 1.72. The largest absolute Gasteiger partial charge is 0.469 e. The van der Waals surface area contributed by atoms with Gasteiger partial charge >= 0.3 is 0 Å². The van der Waals surface area contributed by atoms with Crippen molar-refractivity contribution in [1.29, 1.82) is 0 Å². The minimum atomic E-state index is -0.294. The third kappa shape index (κ3) is 4.41. The van der Waals surface area contributed by atoms with Crippen LogP contribution in [0, 0.1) is 6.92 Å². The highest BCUT2D eigenvalue weighted by atomic mass is 32.1. The molecule has 4 aromatic rings. The van der Waals surface area contributed by atoms with E-state index in [1.165, 1.54) is 17.6 Å². The van der Waals surface area contributed by atoms with E-state index in [1.807, 2.05) is 36.5 Å². The predicted octanol–water partition coefficient (Wildman–Crippen LogP) is 3.66. The molecule has 0 aliphatic carbocycles. The molecule has 0 saturated heterocycles. The Balaban J connectivity index is 1.37. The lowest BCUT2D eigenvalue weighted by Gasteiger charge is -2.07. The summed E-state index contributed by atoms with van der Waals surface area (Å²) in [5.74, 6) is 0.0458. The Kier molecular flexibility index (Phi) is 5.21. The number of anilines is 2. The van der Waals surface area contributed by atoms with Gasteiger partial charge in [-0.15, -0.1) is 11.3 Å². The van der Waals surface area contributed by atoms with Gasteiger partial charge in [0.1, 0.15) is 5.76 Å². The molecule has 0 fully saturated rings. The fourth-order valence-corrected chi connectivity index (χ4v) is 3.45. The molecule has 3 heterocycles. The van der Waals surface area contributed by atoms with Crippen LogP contribution < -0.4 is 10.6 Å². The van der Waals surface area contributed by atoms with Crippen LogP contribution in [0.5, 0.6) is 0 Å². The number of amides is 2. The second kappa shape index (κ2) is 8.11. The fraction of sp³-hybridized carbons (Fsp3) is 0.100. The van der Waals surface area contributed by atoms with Crippen LogP contribution in [-0.2, 0) is 11.2 Å². The number of hydrogen-bond acceptors (Lipinski definition) is 6. The van der Waals surface area contributed by atoms with Crippen molar-refractivity contribution in [1.82, 2.24) is 14.8 Å². The first-order valence-electron chi connectivity index (χ1n) is 8.78. The Bertz CT molecular complexity index is 1150. The van der Waals surface area contributed by atoms with Crippen LogP contribution in [0.25, 0.3) is 5.69 Å². The van der Waals surface area contributed by atoms with Crippen LogP contribution >= 0.6 is 11.3 Å². The van der Waals surface area contributed by atoms with Crippen molar-refractivity contribution in [2.45, 2.75) is 13.3 Å². The molecule has 0 aliphatic heterocycles. The zero-order chi connectivity index (χ0) is 20.2. The smallest absolute Gasteiger partial charge is 0.260 e. The van der Waals surface area contributed by atoms with Crippen molar-refractivity contribution >= 4 is 34.0 Å². The molecule has 2 N–H and O–H groups in total. The van der Waals surface area contributed by atoms with E-state index in [0.29, 0.717) is 27.8 Å². The fourth-order valence-electron chi connectivity index (χ4n) is 2.75. The molecule has 2 amide bonds. The van der Waals surface area contributed by atoms with E-state index in [4.69, 9.17) is 4.42 Å². The number of benzene rings is 1. The van der Waals surface area contributed by atoms with Gasteiger partial charge in [0.05, 0.1) is 29.6 Å². The molecule has 0 unspecified atom stereocenters. The molecule has 29 heavy (non-hydrogen) atoms. The monoisotopic (exact) mass is 407 g/mol. The highest BCUT2D eigenvalue weighted by Crippen LogP contribution is 2.19. The number of rotatable bonds is 6. The molecule has 9 heteroatoms. The predicted molar refractivity (Wildman–Crippen MR) is 109 cm³/mol. The molecule has 0 spiro atoms. The summed E-state index contributed by atoms with van der Waals surface area (Å²) < 4.78 is 6.85. The lowest BCUT2D eigenvalue weighted by atomic mass is 10.2. The van der Waals surface area contributed by atoms with E-state index < -0.39 is 0 Å². The second-order valence-corrected chi connectivity index (χ2v) is 7.07. The van der Waals surface area contributed by atoms with Crippen molar-refractivity contribution < 1.29 is 14.0 Å². The third-order valence-corrected chi connectivity index (χ3v) is 4.92. The molecule has 0 radical (unpaired) electrons. The summed E-state index contributed by atoms with van der Waals surface area (Å²) in [6, 6.07) is 10.8. The molecule has 4 rings (SSSR count). The first-order chi connectivity index (χ1) is 14.1. The molecule has 146 valence electrons. The lowest BCUT2D eigenvalue weighted by molar-refractivity contribution is -0.115. The van der Waals surface area contributed by atoms with Gasteiger partial charge in [-0.25, -0.2) is 9.67 Å². The van der Waals surface area contributed by atoms with Crippen molar-refractivity contribution in [3.63, 3.8) is 0 Å². The van der Waals surface area contributed by atoms with Gasteiger partial charge in [0.25, 0.3) is 5.91 Å². The van der Waals surface area contributed by atoms with E-state index >= 15 is 0 Å². The lowest BCUT2D eigenvalue weighted by Crippen LogP contribution is -2.15. The van der Waals surface area contributed by atoms with Gasteiger partial charge in [-0.2, -0.15) is 5.10 Å². The molecule has 0 saturated carbocycles. The highest BCUT2D eigenvalue weighted by molar-refractivity contribution is 7.14. The van der Waals surface area contributed by atoms with Crippen molar-refractivity contribution in [2.24, 2.45) is 0 Å². The van der Waals surface area contributed by atoms with Crippen LogP contribution in [0.2, 0.25) is 0 Å². The second-order valence-electron chi connectivity index (χ2n) is 6.21. The molecule has 1 aromatic carbocycles. The van der Waals surface area contributed by atoms with E-state index in [1.54, 1.807) is 29.2 Å². The van der Waals surface area contributed by atoms with Crippen LogP contribution in [0.1, 0.15) is 21.8 Å². The van der Waals surface area contributed by atoms with Crippen LogP contribution in [0.15, 0.2) is 64.9 Å². The first kappa shape index (κ1) is 18.6. The number of nitrogens with one attached hydrogen (secondary N) is 2. The topological polar surface area (TPSA) is 102 Å². The van der Waals surface area contributed by atoms with Gasteiger partial charge in [-0.3, -0.25) is 14.9 Å². The Morgan fingerprint density at radius 3 is 2.86 bits per heavy atom. The van der Waals surface area contributed by atoms with E-state index in [-0.39, 0.29) is 18.2 Å². The van der Waals surface area contributed by atoms with E-state index in [2.05, 4.69) is 20.7 Å². The Hall–Kier alpha value is -3.72. The summed E-state index contributed by atoms with van der Waals surface area (Å²) in [6.07, 6.45) is 5.08. The summed E-state index contributed by atoms with van der Waals surface area (Å²) in [5, 5.41) is 11.9. The quantitative estimate of drug-likeness (QED) is 0.508. The van der Waals surface area contributed by atoms with Crippen LogP contribution in [-0.4, -0.2) is 26.6 Å². The van der Waals surface area contributed by atoms with Crippen molar-refractivity contribution in [2.75, 3.05) is 10.6 Å². The molecule has 0 aliphatic rings. The summed E-state index contributed by atoms with van der Waals surface area (Å²) in [4.78, 5) is 28.9. The number of carbonyl (C=O) groups excluding carboxylic acids is 2. The van der Waals surface area contributed by atoms with Crippen molar-refractivity contribution in [3.8, 4) is 5.69 Å². The van der Waals surface area contributed by atoms with E-state index in [0.717, 1.165) is 5.69 Å². The third-order valence-electron chi connectivity index (χ3n) is 4.12. The molecule has 0 bridgehead atoms. The standard InChI is InChI=1S/C20H17N5O3S/c1-13-17(6-9-28-13)19(27)24-20-23-15(12-29-20)11-18(26)22-14-4-2-5-16(10-14)25-8-3-7-21-25/h2-10,12H,11H2,1H3,(H,22,26)(H,23,24,27). The molecule has 3 aromatic heterocycles. The number of aromatic nitrogens is 3. The minimum absolute atomic E-state index is 0.100. The Labute approximate surface area is 170 Å². The normalized spacial score (nSPS) is 10.7. The Morgan fingerprint density at radius 2 is 2.10 bits per heavy atom. The maximum Gasteiger partial charge on any atom is 0.260 e. The average Bonchev–Trinajstić information content (AvgIpc) is 3.44. The van der Waals surface area contributed by atoms with Gasteiger partial charge in [0.2, 0.25) is 5.91 Å². The zero-order valence-corrected chi connectivity index (χ0v) is 16.3. The number of nitrogens with zero attached hydrogens (tertiary/aromatic N) is 3. The molecule has 0 atom stereocenters.